The molecule has 3 fully saturated rings. The predicted molar refractivity (Wildman–Crippen MR) is 84.5 cm³/mol. The number of aromatic nitrogens is 1. The first-order chi connectivity index (χ1) is 10.6. The second-order valence-corrected chi connectivity index (χ2v) is 7.82. The molecular formula is C18H28N2O2. The minimum atomic E-state index is -0.499. The van der Waals surface area contributed by atoms with Crippen molar-refractivity contribution >= 4 is 0 Å². The van der Waals surface area contributed by atoms with E-state index in [1.54, 1.807) is 0 Å². The molecule has 2 saturated carbocycles. The van der Waals surface area contributed by atoms with Crippen LogP contribution in [-0.2, 0) is 6.54 Å². The number of oxazole rings is 1. The van der Waals surface area contributed by atoms with Gasteiger partial charge in [0.2, 0.25) is 5.89 Å². The first-order valence-corrected chi connectivity index (χ1v) is 9.04. The maximum absolute atomic E-state index is 10.8. The lowest BCUT2D eigenvalue weighted by atomic mass is 9.72. The van der Waals surface area contributed by atoms with Crippen molar-refractivity contribution in [3.63, 3.8) is 0 Å². The summed E-state index contributed by atoms with van der Waals surface area (Å²) in [5, 5.41) is 10.8. The SMILES string of the molecule is C[C@]1(O)CCCC[C@@H]1[C@H]1CCCN1Cc1ncc(C2CC2)o1. The summed E-state index contributed by atoms with van der Waals surface area (Å²) in [6.07, 6.45) is 11.4. The van der Waals surface area contributed by atoms with E-state index in [1.165, 1.54) is 38.5 Å². The van der Waals surface area contributed by atoms with Gasteiger partial charge in [-0.3, -0.25) is 4.90 Å². The van der Waals surface area contributed by atoms with Crippen molar-refractivity contribution in [1.82, 2.24) is 9.88 Å². The minimum absolute atomic E-state index is 0.404. The zero-order valence-corrected chi connectivity index (χ0v) is 13.6. The van der Waals surface area contributed by atoms with Crippen LogP contribution in [-0.4, -0.2) is 33.2 Å². The summed E-state index contributed by atoms with van der Waals surface area (Å²) in [4.78, 5) is 6.99. The van der Waals surface area contributed by atoms with Gasteiger partial charge in [0.25, 0.3) is 0 Å². The Hall–Kier alpha value is -0.870. The van der Waals surface area contributed by atoms with Crippen LogP contribution in [0.15, 0.2) is 10.6 Å². The fourth-order valence-electron chi connectivity index (χ4n) is 4.58. The number of nitrogens with zero attached hydrogens (tertiary/aromatic N) is 2. The summed E-state index contributed by atoms with van der Waals surface area (Å²) in [5.74, 6) is 2.98. The lowest BCUT2D eigenvalue weighted by Gasteiger charge is -2.43. The van der Waals surface area contributed by atoms with E-state index < -0.39 is 5.60 Å². The lowest BCUT2D eigenvalue weighted by Crippen LogP contribution is -2.48. The summed E-state index contributed by atoms with van der Waals surface area (Å²) >= 11 is 0. The molecule has 4 rings (SSSR count). The summed E-state index contributed by atoms with van der Waals surface area (Å²) < 4.78 is 5.94. The second kappa shape index (κ2) is 5.64. The standard InChI is InChI=1S/C18H28N2O2/c1-18(21)9-3-2-5-14(18)15-6-4-10-20(15)12-17-19-11-16(22-17)13-7-8-13/h11,13-15,21H,2-10,12H2,1H3/t14-,15-,18+/m1/s1. The Kier molecular flexibility index (Phi) is 3.77. The van der Waals surface area contributed by atoms with Gasteiger partial charge in [0.1, 0.15) is 5.76 Å². The van der Waals surface area contributed by atoms with Gasteiger partial charge >= 0.3 is 0 Å². The Morgan fingerprint density at radius 3 is 2.91 bits per heavy atom. The molecule has 0 spiro atoms. The van der Waals surface area contributed by atoms with E-state index in [0.29, 0.717) is 17.9 Å². The minimum Gasteiger partial charge on any atom is -0.444 e. The highest BCUT2D eigenvalue weighted by molar-refractivity contribution is 5.08. The maximum Gasteiger partial charge on any atom is 0.208 e. The molecular weight excluding hydrogens is 276 g/mol. The van der Waals surface area contributed by atoms with Gasteiger partial charge in [-0.2, -0.15) is 0 Å². The highest BCUT2D eigenvalue weighted by atomic mass is 16.4. The largest absolute Gasteiger partial charge is 0.444 e. The van der Waals surface area contributed by atoms with Gasteiger partial charge in [0.05, 0.1) is 18.3 Å². The van der Waals surface area contributed by atoms with Crippen molar-refractivity contribution in [2.24, 2.45) is 5.92 Å². The highest BCUT2D eigenvalue weighted by Gasteiger charge is 2.43. The second-order valence-electron chi connectivity index (χ2n) is 7.82. The molecule has 3 aliphatic rings. The van der Waals surface area contributed by atoms with Crippen molar-refractivity contribution in [2.75, 3.05) is 6.54 Å². The van der Waals surface area contributed by atoms with Gasteiger partial charge in [-0.15, -0.1) is 0 Å². The van der Waals surface area contributed by atoms with Crippen LogP contribution in [0.4, 0.5) is 0 Å². The number of rotatable bonds is 4. The molecule has 122 valence electrons. The molecule has 3 atom stereocenters. The summed E-state index contributed by atoms with van der Waals surface area (Å²) in [6.45, 7) is 3.96. The summed E-state index contributed by atoms with van der Waals surface area (Å²) in [7, 11) is 0. The van der Waals surface area contributed by atoms with Gasteiger partial charge in [0, 0.05) is 17.9 Å². The number of aliphatic hydroxyl groups is 1. The molecule has 1 aliphatic heterocycles. The molecule has 1 N–H and O–H groups in total. The van der Waals surface area contributed by atoms with Crippen LogP contribution in [0.25, 0.3) is 0 Å². The van der Waals surface area contributed by atoms with Crippen molar-refractivity contribution in [1.29, 1.82) is 0 Å². The van der Waals surface area contributed by atoms with E-state index in [1.807, 2.05) is 13.1 Å². The van der Waals surface area contributed by atoms with Crippen molar-refractivity contribution in [2.45, 2.75) is 82.4 Å². The Balaban J connectivity index is 1.45. The first kappa shape index (κ1) is 14.7. The molecule has 0 radical (unpaired) electrons. The number of hydrogen-bond donors (Lipinski definition) is 1. The Morgan fingerprint density at radius 1 is 1.27 bits per heavy atom. The van der Waals surface area contributed by atoms with Gasteiger partial charge in [-0.1, -0.05) is 12.8 Å². The van der Waals surface area contributed by atoms with Crippen LogP contribution in [0.1, 0.15) is 75.9 Å². The zero-order chi connectivity index (χ0) is 15.2. The zero-order valence-electron chi connectivity index (χ0n) is 13.6. The fraction of sp³-hybridized carbons (Fsp3) is 0.833. The van der Waals surface area contributed by atoms with Gasteiger partial charge in [0.15, 0.2) is 0 Å². The van der Waals surface area contributed by atoms with Crippen molar-refractivity contribution in [3.8, 4) is 0 Å². The van der Waals surface area contributed by atoms with Crippen LogP contribution < -0.4 is 0 Å². The molecule has 2 aliphatic carbocycles. The Labute approximate surface area is 132 Å². The van der Waals surface area contributed by atoms with Crippen LogP contribution in [0, 0.1) is 5.92 Å². The molecule has 4 nitrogen and oxygen atoms in total. The molecule has 22 heavy (non-hydrogen) atoms. The third-order valence-corrected chi connectivity index (χ3v) is 6.02. The van der Waals surface area contributed by atoms with Crippen LogP contribution in [0.2, 0.25) is 0 Å². The van der Waals surface area contributed by atoms with E-state index in [-0.39, 0.29) is 0 Å². The van der Waals surface area contributed by atoms with Crippen LogP contribution in [0.5, 0.6) is 0 Å². The molecule has 0 aromatic carbocycles. The van der Waals surface area contributed by atoms with E-state index in [2.05, 4.69) is 9.88 Å². The fourth-order valence-corrected chi connectivity index (χ4v) is 4.58. The molecule has 0 amide bonds. The maximum atomic E-state index is 10.8. The Morgan fingerprint density at radius 2 is 2.14 bits per heavy atom. The predicted octanol–water partition coefficient (Wildman–Crippen LogP) is 3.46. The third kappa shape index (κ3) is 2.83. The van der Waals surface area contributed by atoms with Crippen molar-refractivity contribution < 1.29 is 9.52 Å². The quantitative estimate of drug-likeness (QED) is 0.925. The summed E-state index contributed by atoms with van der Waals surface area (Å²) in [6, 6.07) is 0.492. The van der Waals surface area contributed by atoms with Crippen LogP contribution in [0.3, 0.4) is 0 Å². The van der Waals surface area contributed by atoms with E-state index in [0.717, 1.165) is 37.6 Å². The number of hydrogen-bond acceptors (Lipinski definition) is 4. The third-order valence-electron chi connectivity index (χ3n) is 6.02. The Bertz CT molecular complexity index is 521. The molecule has 0 bridgehead atoms. The summed E-state index contributed by atoms with van der Waals surface area (Å²) in [5.41, 5.74) is -0.499. The van der Waals surface area contributed by atoms with E-state index >= 15 is 0 Å². The molecule has 1 aromatic rings. The number of likely N-dealkylation sites (tertiary alicyclic amines) is 1. The lowest BCUT2D eigenvalue weighted by molar-refractivity contribution is -0.0636. The van der Waals surface area contributed by atoms with Gasteiger partial charge in [-0.05, 0) is 52.0 Å². The average molecular weight is 304 g/mol. The molecule has 1 aromatic heterocycles. The van der Waals surface area contributed by atoms with Crippen molar-refractivity contribution in [3.05, 3.63) is 17.8 Å². The first-order valence-electron chi connectivity index (χ1n) is 9.04. The van der Waals surface area contributed by atoms with Gasteiger partial charge < -0.3 is 9.52 Å². The smallest absolute Gasteiger partial charge is 0.208 e. The van der Waals surface area contributed by atoms with E-state index in [9.17, 15) is 5.11 Å². The topological polar surface area (TPSA) is 49.5 Å². The van der Waals surface area contributed by atoms with Gasteiger partial charge in [-0.25, -0.2) is 4.98 Å². The van der Waals surface area contributed by atoms with Crippen LogP contribution >= 0.6 is 0 Å². The molecule has 1 saturated heterocycles. The monoisotopic (exact) mass is 304 g/mol. The molecule has 0 unspecified atom stereocenters. The molecule has 4 heteroatoms. The van der Waals surface area contributed by atoms with E-state index in [4.69, 9.17) is 4.42 Å². The average Bonchev–Trinajstić information content (AvgIpc) is 3.07. The highest BCUT2D eigenvalue weighted by Crippen LogP contribution is 2.42. The normalized spacial score (nSPS) is 36.8. The molecule has 2 heterocycles.